The van der Waals surface area contributed by atoms with Crippen molar-refractivity contribution in [1.82, 2.24) is 9.97 Å². The Hall–Kier alpha value is -1.94. The number of aryl methyl sites for hydroxylation is 1. The number of nitrogen functional groups attached to an aromatic ring is 1. The fourth-order valence-corrected chi connectivity index (χ4v) is 1.64. The Labute approximate surface area is 103 Å². The summed E-state index contributed by atoms with van der Waals surface area (Å²) in [4.78, 5) is 20.1. The van der Waals surface area contributed by atoms with Crippen molar-refractivity contribution in [2.75, 3.05) is 5.73 Å². The number of halogens is 1. The van der Waals surface area contributed by atoms with Crippen molar-refractivity contribution in [2.24, 2.45) is 0 Å². The lowest BCUT2D eigenvalue weighted by molar-refractivity contribution is 0.103. The van der Waals surface area contributed by atoms with Crippen LogP contribution in [-0.2, 0) is 0 Å². The number of nitrogens with two attached hydrogens (primary N) is 1. The average molecular weight is 248 g/mol. The first-order valence-electron chi connectivity index (χ1n) is 4.97. The van der Waals surface area contributed by atoms with E-state index in [4.69, 9.17) is 17.3 Å². The molecule has 0 bridgehead atoms. The van der Waals surface area contributed by atoms with Gasteiger partial charge in [-0.05, 0) is 24.6 Å². The summed E-state index contributed by atoms with van der Waals surface area (Å²) >= 11 is 5.80. The second-order valence-electron chi connectivity index (χ2n) is 3.58. The summed E-state index contributed by atoms with van der Waals surface area (Å²) in [5.74, 6) is -0.111. The second kappa shape index (κ2) is 4.51. The van der Waals surface area contributed by atoms with Crippen molar-refractivity contribution in [3.63, 3.8) is 0 Å². The fraction of sp³-hybridized carbons (Fsp3) is 0.0833. The number of hydrogen-bond acceptors (Lipinski definition) is 4. The van der Waals surface area contributed by atoms with Gasteiger partial charge in [0.1, 0.15) is 11.5 Å². The molecule has 0 unspecified atom stereocenters. The quantitative estimate of drug-likeness (QED) is 0.827. The minimum Gasteiger partial charge on any atom is -0.383 e. The van der Waals surface area contributed by atoms with Gasteiger partial charge in [-0.15, -0.1) is 0 Å². The molecule has 0 fully saturated rings. The van der Waals surface area contributed by atoms with Gasteiger partial charge in [0, 0.05) is 12.4 Å². The summed E-state index contributed by atoms with van der Waals surface area (Å²) < 4.78 is 0. The Morgan fingerprint density at radius 2 is 2.18 bits per heavy atom. The van der Waals surface area contributed by atoms with Gasteiger partial charge in [-0.2, -0.15) is 0 Å². The number of aromatic nitrogens is 2. The molecule has 0 aliphatic heterocycles. The van der Waals surface area contributed by atoms with Crippen LogP contribution in [0.2, 0.25) is 5.02 Å². The molecule has 0 aliphatic carbocycles. The van der Waals surface area contributed by atoms with E-state index < -0.39 is 0 Å². The molecule has 0 atom stereocenters. The van der Waals surface area contributed by atoms with E-state index in [2.05, 4.69) is 9.97 Å². The zero-order valence-electron chi connectivity index (χ0n) is 9.14. The van der Waals surface area contributed by atoms with E-state index in [1.807, 2.05) is 13.0 Å². The molecular weight excluding hydrogens is 238 g/mol. The predicted octanol–water partition coefficient (Wildman–Crippen LogP) is 2.25. The first-order valence-corrected chi connectivity index (χ1v) is 5.34. The molecule has 0 aromatic carbocycles. The number of pyridine rings is 2. The lowest BCUT2D eigenvalue weighted by Crippen LogP contribution is -2.10. The summed E-state index contributed by atoms with van der Waals surface area (Å²) in [5, 5.41) is 0.371. The van der Waals surface area contributed by atoms with E-state index >= 15 is 0 Å². The molecule has 17 heavy (non-hydrogen) atoms. The number of ketones is 1. The summed E-state index contributed by atoms with van der Waals surface area (Å²) in [6, 6.07) is 5.08. The van der Waals surface area contributed by atoms with Crippen molar-refractivity contribution < 1.29 is 4.79 Å². The third kappa shape index (κ3) is 2.26. The van der Waals surface area contributed by atoms with Crippen molar-refractivity contribution in [1.29, 1.82) is 0 Å². The van der Waals surface area contributed by atoms with E-state index in [-0.39, 0.29) is 17.2 Å². The molecular formula is C12H10ClN3O. The highest BCUT2D eigenvalue weighted by Gasteiger charge is 2.16. The first kappa shape index (κ1) is 11.5. The number of carbonyl (C=O) groups excluding carboxylic acids is 1. The number of anilines is 1. The number of rotatable bonds is 2. The smallest absolute Gasteiger partial charge is 0.215 e. The lowest BCUT2D eigenvalue weighted by Gasteiger charge is -2.05. The zero-order chi connectivity index (χ0) is 12.4. The molecule has 2 N–H and O–H groups in total. The molecule has 4 nitrogen and oxygen atoms in total. The van der Waals surface area contributed by atoms with Crippen LogP contribution in [-0.4, -0.2) is 15.8 Å². The average Bonchev–Trinajstić information content (AvgIpc) is 2.32. The topological polar surface area (TPSA) is 68.9 Å². The second-order valence-corrected chi connectivity index (χ2v) is 4.02. The Balaban J connectivity index is 2.51. The van der Waals surface area contributed by atoms with Gasteiger partial charge < -0.3 is 5.73 Å². The van der Waals surface area contributed by atoms with Gasteiger partial charge in [0.15, 0.2) is 0 Å². The number of carbonyl (C=O) groups is 1. The highest BCUT2D eigenvalue weighted by atomic mass is 35.5. The lowest BCUT2D eigenvalue weighted by atomic mass is 10.1. The van der Waals surface area contributed by atoms with Gasteiger partial charge in [-0.1, -0.05) is 17.7 Å². The molecule has 0 saturated heterocycles. The predicted molar refractivity (Wildman–Crippen MR) is 66.1 cm³/mol. The normalized spacial score (nSPS) is 10.2. The van der Waals surface area contributed by atoms with Gasteiger partial charge in [0.2, 0.25) is 5.78 Å². The Morgan fingerprint density at radius 1 is 1.41 bits per heavy atom. The summed E-state index contributed by atoms with van der Waals surface area (Å²) in [7, 11) is 0. The molecule has 0 spiro atoms. The third-order valence-corrected chi connectivity index (χ3v) is 2.56. The molecule has 2 rings (SSSR count). The van der Waals surface area contributed by atoms with Crippen LogP contribution in [0.25, 0.3) is 0 Å². The van der Waals surface area contributed by atoms with E-state index in [0.29, 0.717) is 10.7 Å². The van der Waals surface area contributed by atoms with Gasteiger partial charge in [0.05, 0.1) is 10.6 Å². The van der Waals surface area contributed by atoms with Crippen molar-refractivity contribution >= 4 is 23.2 Å². The first-order chi connectivity index (χ1) is 8.09. The third-order valence-electron chi connectivity index (χ3n) is 2.35. The molecule has 2 aromatic heterocycles. The molecule has 0 aliphatic rings. The van der Waals surface area contributed by atoms with Crippen molar-refractivity contribution in [2.45, 2.75) is 6.92 Å². The highest BCUT2D eigenvalue weighted by Crippen LogP contribution is 2.19. The van der Waals surface area contributed by atoms with E-state index in [9.17, 15) is 4.79 Å². The van der Waals surface area contributed by atoms with Crippen LogP contribution in [0.1, 0.15) is 21.6 Å². The molecule has 2 aromatic rings. The van der Waals surface area contributed by atoms with Gasteiger partial charge in [-0.25, -0.2) is 4.98 Å². The molecule has 86 valence electrons. The van der Waals surface area contributed by atoms with Crippen molar-refractivity contribution in [3.05, 3.63) is 52.4 Å². The van der Waals surface area contributed by atoms with Crippen molar-refractivity contribution in [3.8, 4) is 0 Å². The fourth-order valence-electron chi connectivity index (χ4n) is 1.48. The Kier molecular flexibility index (Phi) is 3.06. The van der Waals surface area contributed by atoms with Crippen LogP contribution in [0.15, 0.2) is 30.6 Å². The number of nitrogens with zero attached hydrogens (tertiary/aromatic N) is 2. The Morgan fingerprint density at radius 3 is 2.88 bits per heavy atom. The molecule has 0 amide bonds. The van der Waals surface area contributed by atoms with Gasteiger partial charge in [-0.3, -0.25) is 9.78 Å². The van der Waals surface area contributed by atoms with Crippen LogP contribution >= 0.6 is 11.6 Å². The maximum absolute atomic E-state index is 12.2. The maximum Gasteiger partial charge on any atom is 0.215 e. The van der Waals surface area contributed by atoms with Gasteiger partial charge in [0.25, 0.3) is 0 Å². The van der Waals surface area contributed by atoms with E-state index in [1.54, 1.807) is 12.3 Å². The largest absolute Gasteiger partial charge is 0.383 e. The SMILES string of the molecule is Cc1cccnc1C(=O)c1cc(Cl)cnc1N. The molecule has 2 heterocycles. The molecule has 0 radical (unpaired) electrons. The summed E-state index contributed by atoms with van der Waals surface area (Å²) in [5.41, 5.74) is 7.09. The zero-order valence-corrected chi connectivity index (χ0v) is 9.90. The summed E-state index contributed by atoms with van der Waals surface area (Å²) in [6.07, 6.45) is 2.97. The monoisotopic (exact) mass is 247 g/mol. The Bertz CT molecular complexity index is 584. The van der Waals surface area contributed by atoms with Crippen LogP contribution < -0.4 is 5.73 Å². The molecule has 0 saturated carbocycles. The van der Waals surface area contributed by atoms with Crippen LogP contribution in [0, 0.1) is 6.92 Å². The maximum atomic E-state index is 12.2. The highest BCUT2D eigenvalue weighted by molar-refractivity contribution is 6.31. The summed E-state index contributed by atoms with van der Waals surface area (Å²) in [6.45, 7) is 1.81. The van der Waals surface area contributed by atoms with Gasteiger partial charge >= 0.3 is 0 Å². The standard InChI is InChI=1S/C12H10ClN3O/c1-7-3-2-4-15-10(7)11(17)9-5-8(13)6-16-12(9)14/h2-6H,1H3,(H2,14,16). The minimum atomic E-state index is -0.268. The van der Waals surface area contributed by atoms with Crippen LogP contribution in [0.5, 0.6) is 0 Å². The number of hydrogen-bond donors (Lipinski definition) is 1. The van der Waals surface area contributed by atoms with E-state index in [1.165, 1.54) is 12.3 Å². The molecule has 5 heteroatoms. The van der Waals surface area contributed by atoms with Crippen LogP contribution in [0.3, 0.4) is 0 Å². The van der Waals surface area contributed by atoms with E-state index in [0.717, 1.165) is 5.56 Å². The van der Waals surface area contributed by atoms with Crippen LogP contribution in [0.4, 0.5) is 5.82 Å². The minimum absolute atomic E-state index is 0.157.